The molecule has 22 heavy (non-hydrogen) atoms. The van der Waals surface area contributed by atoms with E-state index in [1.54, 1.807) is 0 Å². The van der Waals surface area contributed by atoms with Gasteiger partial charge >= 0.3 is 0 Å². The minimum absolute atomic E-state index is 0.0266. The van der Waals surface area contributed by atoms with Crippen molar-refractivity contribution in [3.05, 3.63) is 28.2 Å². The highest BCUT2D eigenvalue weighted by Gasteiger charge is 2.36. The van der Waals surface area contributed by atoms with Crippen molar-refractivity contribution in [2.75, 3.05) is 18.4 Å². The molecule has 1 aromatic rings. The zero-order valence-electron chi connectivity index (χ0n) is 12.8. The van der Waals surface area contributed by atoms with Crippen molar-refractivity contribution in [3.8, 4) is 0 Å². The molecule has 1 unspecified atom stereocenters. The van der Waals surface area contributed by atoms with Crippen LogP contribution in [0.3, 0.4) is 0 Å². The molecule has 0 radical (unpaired) electrons. The molecule has 118 valence electrons. The zero-order chi connectivity index (χ0) is 15.7. The van der Waals surface area contributed by atoms with Gasteiger partial charge in [0.05, 0.1) is 5.92 Å². The van der Waals surface area contributed by atoms with Crippen molar-refractivity contribution < 1.29 is 9.59 Å². The molecule has 0 aromatic heterocycles. The summed E-state index contributed by atoms with van der Waals surface area (Å²) in [5.74, 6) is 0.408. The second-order valence-electron chi connectivity index (χ2n) is 6.35. The lowest BCUT2D eigenvalue weighted by molar-refractivity contribution is -0.135. The fourth-order valence-electron chi connectivity index (χ4n) is 2.98. The van der Waals surface area contributed by atoms with E-state index in [0.717, 1.165) is 48.0 Å². The van der Waals surface area contributed by atoms with Gasteiger partial charge in [0.15, 0.2) is 0 Å². The minimum atomic E-state index is -0.0977. The Morgan fingerprint density at radius 3 is 2.68 bits per heavy atom. The van der Waals surface area contributed by atoms with E-state index in [2.05, 4.69) is 21.2 Å². The van der Waals surface area contributed by atoms with E-state index in [1.807, 2.05) is 30.0 Å². The first kappa shape index (κ1) is 15.5. The fourth-order valence-corrected chi connectivity index (χ4v) is 3.46. The highest BCUT2D eigenvalue weighted by Crippen LogP contribution is 2.32. The van der Waals surface area contributed by atoms with Crippen molar-refractivity contribution in [1.29, 1.82) is 0 Å². The number of carbonyl (C=O) groups is 2. The molecular weight excluding hydrogens is 344 g/mol. The second kappa shape index (κ2) is 6.41. The Labute approximate surface area is 139 Å². The summed E-state index contributed by atoms with van der Waals surface area (Å²) in [5, 5.41) is 3.01. The molecule has 2 fully saturated rings. The summed E-state index contributed by atoms with van der Waals surface area (Å²) in [6.45, 7) is 3.34. The summed E-state index contributed by atoms with van der Waals surface area (Å²) in [7, 11) is 0. The number of carbonyl (C=O) groups excluding carboxylic acids is 2. The number of likely N-dealkylation sites (tertiary alicyclic amines) is 1. The molecule has 1 saturated carbocycles. The van der Waals surface area contributed by atoms with Gasteiger partial charge in [-0.2, -0.15) is 0 Å². The Bertz CT molecular complexity index is 598. The van der Waals surface area contributed by atoms with Crippen LogP contribution in [-0.4, -0.2) is 29.8 Å². The molecule has 1 aromatic carbocycles. The van der Waals surface area contributed by atoms with E-state index in [-0.39, 0.29) is 23.7 Å². The number of hydrogen-bond acceptors (Lipinski definition) is 2. The quantitative estimate of drug-likeness (QED) is 0.893. The molecule has 0 spiro atoms. The molecule has 2 aliphatic rings. The average molecular weight is 365 g/mol. The summed E-state index contributed by atoms with van der Waals surface area (Å²) >= 11 is 3.43. The van der Waals surface area contributed by atoms with Crippen LogP contribution in [0.1, 0.15) is 31.2 Å². The Balaban J connectivity index is 1.62. The molecule has 0 bridgehead atoms. The average Bonchev–Trinajstić information content (AvgIpc) is 3.34. The van der Waals surface area contributed by atoms with Gasteiger partial charge in [0.2, 0.25) is 11.8 Å². The predicted molar refractivity (Wildman–Crippen MR) is 89.5 cm³/mol. The fraction of sp³-hybridized carbons (Fsp3) is 0.529. The van der Waals surface area contributed by atoms with Crippen molar-refractivity contribution in [2.45, 2.75) is 32.6 Å². The number of nitrogens with zero attached hydrogens (tertiary/aromatic N) is 1. The van der Waals surface area contributed by atoms with Crippen LogP contribution in [0.4, 0.5) is 5.69 Å². The summed E-state index contributed by atoms with van der Waals surface area (Å²) in [6.07, 6.45) is 3.81. The number of halogens is 1. The predicted octanol–water partition coefficient (Wildman–Crippen LogP) is 3.34. The van der Waals surface area contributed by atoms with Crippen LogP contribution in [-0.2, 0) is 9.59 Å². The first-order valence-electron chi connectivity index (χ1n) is 7.90. The number of aryl methyl sites for hydroxylation is 1. The van der Waals surface area contributed by atoms with Gasteiger partial charge in [-0.05, 0) is 56.4 Å². The minimum Gasteiger partial charge on any atom is -0.342 e. The van der Waals surface area contributed by atoms with Gasteiger partial charge in [0, 0.05) is 29.2 Å². The van der Waals surface area contributed by atoms with Gasteiger partial charge in [-0.1, -0.05) is 15.9 Å². The van der Waals surface area contributed by atoms with Gasteiger partial charge in [-0.25, -0.2) is 0 Å². The van der Waals surface area contributed by atoms with Gasteiger partial charge < -0.3 is 10.2 Å². The molecule has 1 saturated heterocycles. The Hall–Kier alpha value is -1.36. The van der Waals surface area contributed by atoms with E-state index in [0.29, 0.717) is 6.54 Å². The number of anilines is 1. The van der Waals surface area contributed by atoms with Crippen LogP contribution in [0.15, 0.2) is 22.7 Å². The highest BCUT2D eigenvalue weighted by atomic mass is 79.9. The van der Waals surface area contributed by atoms with Gasteiger partial charge in [0.1, 0.15) is 0 Å². The first-order chi connectivity index (χ1) is 10.5. The van der Waals surface area contributed by atoms with Crippen molar-refractivity contribution in [1.82, 2.24) is 4.90 Å². The van der Waals surface area contributed by atoms with Crippen molar-refractivity contribution >= 4 is 33.4 Å². The molecule has 4 nitrogen and oxygen atoms in total. The number of piperidine rings is 1. The van der Waals surface area contributed by atoms with Crippen LogP contribution >= 0.6 is 15.9 Å². The zero-order valence-corrected chi connectivity index (χ0v) is 14.4. The molecular formula is C17H21BrN2O2. The van der Waals surface area contributed by atoms with Crippen LogP contribution in [0, 0.1) is 18.8 Å². The molecule has 1 N–H and O–H groups in total. The Morgan fingerprint density at radius 2 is 2.00 bits per heavy atom. The topological polar surface area (TPSA) is 49.4 Å². The van der Waals surface area contributed by atoms with Crippen molar-refractivity contribution in [2.24, 2.45) is 11.8 Å². The lowest BCUT2D eigenvalue weighted by Crippen LogP contribution is -2.44. The van der Waals surface area contributed by atoms with Gasteiger partial charge in [-0.3, -0.25) is 9.59 Å². The normalized spacial score (nSPS) is 21.5. The van der Waals surface area contributed by atoms with Crippen LogP contribution in [0.2, 0.25) is 0 Å². The van der Waals surface area contributed by atoms with E-state index in [9.17, 15) is 9.59 Å². The number of hydrogen-bond donors (Lipinski definition) is 1. The first-order valence-corrected chi connectivity index (χ1v) is 8.69. The molecule has 1 heterocycles. The lowest BCUT2D eigenvalue weighted by atomic mass is 9.96. The number of amides is 2. The van der Waals surface area contributed by atoms with Gasteiger partial charge in [-0.15, -0.1) is 0 Å². The third-order valence-corrected chi connectivity index (χ3v) is 4.97. The second-order valence-corrected chi connectivity index (χ2v) is 7.26. The highest BCUT2D eigenvalue weighted by molar-refractivity contribution is 9.10. The third kappa shape index (κ3) is 3.51. The Kier molecular flexibility index (Phi) is 4.52. The molecule has 1 atom stereocenters. The molecule has 2 amide bonds. The monoisotopic (exact) mass is 364 g/mol. The van der Waals surface area contributed by atoms with Gasteiger partial charge in [0.25, 0.3) is 0 Å². The van der Waals surface area contributed by atoms with Crippen LogP contribution in [0.5, 0.6) is 0 Å². The lowest BCUT2D eigenvalue weighted by Gasteiger charge is -2.32. The SMILES string of the molecule is Cc1cc(Br)ccc1NC(=O)C1CCCN(C(=O)C2CC2)C1. The molecule has 1 aliphatic carbocycles. The van der Waals surface area contributed by atoms with Crippen LogP contribution < -0.4 is 5.32 Å². The molecule has 3 rings (SSSR count). The summed E-state index contributed by atoms with van der Waals surface area (Å²) in [6, 6.07) is 5.82. The number of rotatable bonds is 3. The third-order valence-electron chi connectivity index (χ3n) is 4.48. The maximum absolute atomic E-state index is 12.5. The maximum Gasteiger partial charge on any atom is 0.229 e. The Morgan fingerprint density at radius 1 is 1.23 bits per heavy atom. The summed E-state index contributed by atoms with van der Waals surface area (Å²) in [4.78, 5) is 26.6. The largest absolute Gasteiger partial charge is 0.342 e. The van der Waals surface area contributed by atoms with Crippen LogP contribution in [0.25, 0.3) is 0 Å². The summed E-state index contributed by atoms with van der Waals surface area (Å²) in [5.41, 5.74) is 1.88. The number of benzene rings is 1. The van der Waals surface area contributed by atoms with E-state index >= 15 is 0 Å². The summed E-state index contributed by atoms with van der Waals surface area (Å²) < 4.78 is 1.00. The standard InChI is InChI=1S/C17H21BrN2O2/c1-11-9-14(18)6-7-15(11)19-16(21)13-3-2-8-20(10-13)17(22)12-4-5-12/h6-7,9,12-13H,2-5,8,10H2,1H3,(H,19,21). The molecule has 1 aliphatic heterocycles. The maximum atomic E-state index is 12.5. The molecule has 5 heteroatoms. The van der Waals surface area contributed by atoms with Crippen molar-refractivity contribution in [3.63, 3.8) is 0 Å². The van der Waals surface area contributed by atoms with E-state index in [1.165, 1.54) is 0 Å². The van der Waals surface area contributed by atoms with E-state index in [4.69, 9.17) is 0 Å². The number of nitrogens with one attached hydrogen (secondary N) is 1. The smallest absolute Gasteiger partial charge is 0.229 e. The van der Waals surface area contributed by atoms with E-state index < -0.39 is 0 Å².